The molecule has 0 nitrogen and oxygen atoms in total. The molecule has 0 aliphatic heterocycles. The molecule has 2 aromatic carbocycles. The minimum Gasteiger partial charge on any atom is -0.147 e. The van der Waals surface area contributed by atoms with E-state index in [-0.39, 0.29) is 50.2 Å². The molecular weight excluding hydrogens is 623 g/mol. The van der Waals surface area contributed by atoms with E-state index >= 15 is 0 Å². The van der Waals surface area contributed by atoms with Gasteiger partial charge in [0.1, 0.15) is 0 Å². The van der Waals surface area contributed by atoms with Gasteiger partial charge in [0, 0.05) is 0 Å². The van der Waals surface area contributed by atoms with Crippen LogP contribution >= 0.6 is 24.8 Å². The third kappa shape index (κ3) is 3.87. The van der Waals surface area contributed by atoms with E-state index in [0.717, 1.165) is 12.8 Å². The first kappa shape index (κ1) is 34.6. The zero-order valence-electron chi connectivity index (χ0n) is 28.9. The molecule has 0 aromatic heterocycles. The standard InChI is InChI=1S/C29H37.C6H5.C5H5.C2H4.2ClH.Ti/c1-18-25-22-17-19-13-9-10-14-20(19)24(22)21-15-11-12-16-23(21)29(25,8)28(6,7)27(4,5)26(18,2)3;1-2-4-6-5-3-1;1-2-4-5-3-1;1-2;;;/h9-11,13-15,23H,12,16-17H2,1-8H3;1-5H;1-3H,4H2;1H,2H3;2*1H;. The molecule has 0 bridgehead atoms. The fourth-order valence-electron chi connectivity index (χ4n) is 11.5. The Hall–Kier alpha value is -1.70. The molecule has 0 heterocycles. The molecule has 5 aliphatic rings. The first-order valence-corrected chi connectivity index (χ1v) is 20.0. The summed E-state index contributed by atoms with van der Waals surface area (Å²) in [6, 6.07) is 21.2. The first-order chi connectivity index (χ1) is 20.3. The molecule has 7 rings (SSSR count). The summed E-state index contributed by atoms with van der Waals surface area (Å²) in [6.07, 6.45) is 16.9. The summed E-state index contributed by atoms with van der Waals surface area (Å²) in [4.78, 5) is 0. The number of rotatable bonds is 3. The summed E-state index contributed by atoms with van der Waals surface area (Å²) in [7, 11) is 0. The normalized spacial score (nSPS) is 31.0. The summed E-state index contributed by atoms with van der Waals surface area (Å²) in [6.45, 7) is 23.9. The average molecular weight is 677 g/mol. The molecule has 0 amide bonds. The molecule has 4 unspecified atom stereocenters. The minimum atomic E-state index is -3.31. The molecule has 45 heavy (non-hydrogen) atoms. The Labute approximate surface area is 288 Å². The summed E-state index contributed by atoms with van der Waals surface area (Å²) < 4.78 is 6.15. The van der Waals surface area contributed by atoms with Crippen molar-refractivity contribution in [2.24, 2.45) is 27.6 Å². The zero-order valence-corrected chi connectivity index (χ0v) is 32.1. The SMILES string of the molecule is C[CH]=[Ti]([C]1=CC=CC1)([c]1ccccc1)[C]1(C)C2=C3Cc4ccccc4C3=C3C=CCCC3C2(C)C(C)(C)C(C)(C)C1(C)C.Cl.Cl. The van der Waals surface area contributed by atoms with Gasteiger partial charge in [-0.2, -0.15) is 0 Å². The van der Waals surface area contributed by atoms with Crippen LogP contribution < -0.4 is 3.87 Å². The smallest absolute Gasteiger partial charge is 0.147 e. The van der Waals surface area contributed by atoms with Crippen LogP contribution in [0.15, 0.2) is 106 Å². The van der Waals surface area contributed by atoms with Crippen molar-refractivity contribution in [3.63, 3.8) is 0 Å². The van der Waals surface area contributed by atoms with Gasteiger partial charge in [-0.15, -0.1) is 24.8 Å². The van der Waals surface area contributed by atoms with Crippen molar-refractivity contribution in [1.82, 2.24) is 0 Å². The number of hydrogen-bond acceptors (Lipinski definition) is 0. The summed E-state index contributed by atoms with van der Waals surface area (Å²) in [5.74, 6) is 0.519. The maximum Gasteiger partial charge on any atom is -0.147 e. The van der Waals surface area contributed by atoms with Crippen LogP contribution in [0.3, 0.4) is 0 Å². The van der Waals surface area contributed by atoms with Gasteiger partial charge in [0.25, 0.3) is 0 Å². The Morgan fingerprint density at radius 2 is 1.44 bits per heavy atom. The van der Waals surface area contributed by atoms with Crippen LogP contribution in [-0.2, 0) is 22.5 Å². The van der Waals surface area contributed by atoms with Crippen LogP contribution in [0.2, 0.25) is 3.72 Å². The van der Waals surface area contributed by atoms with E-state index in [1.165, 1.54) is 24.0 Å². The fourth-order valence-corrected chi connectivity index (χ4v) is 21.6. The summed E-state index contributed by atoms with van der Waals surface area (Å²) in [5, 5.41) is 0. The minimum absolute atomic E-state index is 0. The topological polar surface area (TPSA) is 0 Å². The van der Waals surface area contributed by atoms with Crippen molar-refractivity contribution in [3.05, 3.63) is 117 Å². The van der Waals surface area contributed by atoms with E-state index in [1.807, 2.05) is 5.57 Å². The van der Waals surface area contributed by atoms with Gasteiger partial charge >= 0.3 is 266 Å². The van der Waals surface area contributed by atoms with Crippen LogP contribution in [0.4, 0.5) is 0 Å². The van der Waals surface area contributed by atoms with Gasteiger partial charge in [-0.1, -0.05) is 0 Å². The second kappa shape index (κ2) is 11.2. The Bertz CT molecular complexity index is 1740. The maximum atomic E-state index is 2.81. The van der Waals surface area contributed by atoms with E-state index in [2.05, 4.69) is 152 Å². The van der Waals surface area contributed by atoms with Crippen LogP contribution in [0.5, 0.6) is 0 Å². The number of allylic oxidation sites excluding steroid dienone is 10. The van der Waals surface area contributed by atoms with E-state index in [4.69, 9.17) is 0 Å². The van der Waals surface area contributed by atoms with Crippen molar-refractivity contribution in [1.29, 1.82) is 0 Å². The number of benzene rings is 2. The third-order valence-corrected chi connectivity index (χ3v) is 24.2. The van der Waals surface area contributed by atoms with E-state index in [0.29, 0.717) is 5.92 Å². The van der Waals surface area contributed by atoms with Gasteiger partial charge in [0.15, 0.2) is 0 Å². The van der Waals surface area contributed by atoms with Gasteiger partial charge in [-0.25, -0.2) is 0 Å². The molecule has 0 spiro atoms. The molecule has 0 saturated heterocycles. The van der Waals surface area contributed by atoms with Crippen LogP contribution in [0.1, 0.15) is 92.7 Å². The third-order valence-electron chi connectivity index (χ3n) is 15.0. The van der Waals surface area contributed by atoms with Gasteiger partial charge in [-0.3, -0.25) is 0 Å². The molecule has 5 aliphatic carbocycles. The zero-order chi connectivity index (χ0) is 30.6. The Morgan fingerprint density at radius 3 is 2.09 bits per heavy atom. The molecular formula is C42H53Cl2Ti. The Balaban J connectivity index is 0.00000200. The van der Waals surface area contributed by atoms with Crippen molar-refractivity contribution >= 4 is 38.6 Å². The van der Waals surface area contributed by atoms with E-state index in [1.54, 1.807) is 24.5 Å². The second-order valence-corrected chi connectivity index (χ2v) is 22.9. The largest absolute Gasteiger partial charge is 0.147 e. The van der Waals surface area contributed by atoms with Gasteiger partial charge in [0.05, 0.1) is 0 Å². The van der Waals surface area contributed by atoms with E-state index < -0.39 is 16.1 Å². The van der Waals surface area contributed by atoms with E-state index in [9.17, 15) is 0 Å². The number of halogens is 2. The Kier molecular flexibility index (Phi) is 8.61. The molecule has 1 fully saturated rings. The fraction of sp³-hybridized carbons (Fsp3) is 0.452. The van der Waals surface area contributed by atoms with Crippen molar-refractivity contribution < 1.29 is 16.1 Å². The van der Waals surface area contributed by atoms with Gasteiger partial charge in [0.2, 0.25) is 0 Å². The van der Waals surface area contributed by atoms with Crippen LogP contribution in [0, 0.1) is 27.6 Å². The Morgan fingerprint density at radius 1 is 0.778 bits per heavy atom. The first-order valence-electron chi connectivity index (χ1n) is 16.8. The quantitative estimate of drug-likeness (QED) is 0.284. The van der Waals surface area contributed by atoms with Gasteiger partial charge < -0.3 is 0 Å². The monoisotopic (exact) mass is 675 g/mol. The second-order valence-electron chi connectivity index (χ2n) is 16.0. The van der Waals surface area contributed by atoms with Crippen LogP contribution in [-0.4, -0.2) is 4.31 Å². The summed E-state index contributed by atoms with van der Waals surface area (Å²) >= 11 is -3.31. The average Bonchev–Trinajstić information content (AvgIpc) is 3.66. The maximum absolute atomic E-state index is 3.31. The van der Waals surface area contributed by atoms with Crippen molar-refractivity contribution in [2.45, 2.75) is 91.7 Å². The predicted molar refractivity (Wildman–Crippen MR) is 198 cm³/mol. The van der Waals surface area contributed by atoms with Crippen LogP contribution in [0.25, 0.3) is 5.57 Å². The van der Waals surface area contributed by atoms with Crippen molar-refractivity contribution in [2.75, 3.05) is 0 Å². The molecule has 3 heteroatoms. The predicted octanol–water partition coefficient (Wildman–Crippen LogP) is 11.5. The molecule has 0 radical (unpaired) electrons. The molecule has 239 valence electrons. The number of hydrogen-bond donors (Lipinski definition) is 0. The van der Waals surface area contributed by atoms with Crippen molar-refractivity contribution in [3.8, 4) is 0 Å². The molecule has 4 atom stereocenters. The molecule has 0 N–H and O–H groups in total. The summed E-state index contributed by atoms with van der Waals surface area (Å²) in [5.41, 5.74) is 9.97. The molecule has 1 saturated carbocycles. The number of fused-ring (bicyclic) bond motifs is 6. The van der Waals surface area contributed by atoms with Gasteiger partial charge in [-0.05, 0) is 0 Å². The molecule has 2 aromatic rings.